The van der Waals surface area contributed by atoms with Gasteiger partial charge in [-0.05, 0) is 49.8 Å². The van der Waals surface area contributed by atoms with Crippen molar-refractivity contribution in [2.24, 2.45) is 11.1 Å². The van der Waals surface area contributed by atoms with Crippen LogP contribution in [0.25, 0.3) is 0 Å². The van der Waals surface area contributed by atoms with Gasteiger partial charge < -0.3 is 14.9 Å². The lowest BCUT2D eigenvalue weighted by Gasteiger charge is -2.27. The third-order valence-corrected chi connectivity index (χ3v) is 5.67. The fourth-order valence-electron chi connectivity index (χ4n) is 3.50. The van der Waals surface area contributed by atoms with Gasteiger partial charge in [0.05, 0.1) is 21.7 Å². The van der Waals surface area contributed by atoms with E-state index in [1.807, 2.05) is 49.5 Å². The lowest BCUT2D eigenvalue weighted by Crippen LogP contribution is -2.28. The molecule has 0 saturated heterocycles. The monoisotopic (exact) mass is 390 g/mol. The molecule has 1 aliphatic heterocycles. The van der Waals surface area contributed by atoms with E-state index < -0.39 is 5.60 Å². The maximum Gasteiger partial charge on any atom is 0.143 e. The molecule has 26 heavy (non-hydrogen) atoms. The van der Waals surface area contributed by atoms with Gasteiger partial charge in [-0.3, -0.25) is 0 Å². The molecule has 0 spiro atoms. The molecule has 2 atom stereocenters. The van der Waals surface area contributed by atoms with Crippen LogP contribution in [0.5, 0.6) is 5.75 Å². The smallest absolute Gasteiger partial charge is 0.143 e. The lowest BCUT2D eigenvalue weighted by molar-refractivity contribution is 0.135. The van der Waals surface area contributed by atoms with E-state index in [2.05, 4.69) is 10.5 Å². The first kappa shape index (κ1) is 17.7. The van der Waals surface area contributed by atoms with E-state index in [1.165, 1.54) is 0 Å². The number of fused-ring (bicyclic) bond motifs is 2. The summed E-state index contributed by atoms with van der Waals surface area (Å²) >= 11 is 12.3. The number of rotatable bonds is 6. The molecule has 0 amide bonds. The highest BCUT2D eigenvalue weighted by atomic mass is 35.5. The fraction of sp³-hybridized carbons (Fsp3) is 0.350. The predicted octanol–water partition coefficient (Wildman–Crippen LogP) is 4.63. The molecule has 6 heteroatoms. The average molecular weight is 391 g/mol. The van der Waals surface area contributed by atoms with E-state index in [0.717, 1.165) is 42.0 Å². The first-order valence-electron chi connectivity index (χ1n) is 8.74. The molecule has 136 valence electrons. The van der Waals surface area contributed by atoms with Gasteiger partial charge in [-0.1, -0.05) is 46.6 Å². The van der Waals surface area contributed by atoms with Crippen LogP contribution in [0.4, 0.5) is 0 Å². The SMILES string of the molecule is CNCCCON=C1c2ccccc2OC2(c3ccc(Cl)c(Cl)c3)CC12. The lowest BCUT2D eigenvalue weighted by atomic mass is 9.96. The second-order valence-corrected chi connectivity index (χ2v) is 7.45. The Morgan fingerprint density at radius 1 is 1.23 bits per heavy atom. The molecule has 1 saturated carbocycles. The Morgan fingerprint density at radius 2 is 2.08 bits per heavy atom. The van der Waals surface area contributed by atoms with E-state index in [1.54, 1.807) is 0 Å². The number of para-hydroxylation sites is 1. The molecular weight excluding hydrogens is 371 g/mol. The molecule has 0 radical (unpaired) electrons. The van der Waals surface area contributed by atoms with Crippen molar-refractivity contribution in [3.05, 3.63) is 63.6 Å². The van der Waals surface area contributed by atoms with E-state index >= 15 is 0 Å². The van der Waals surface area contributed by atoms with Crippen LogP contribution >= 0.6 is 23.2 Å². The van der Waals surface area contributed by atoms with Crippen molar-refractivity contribution in [2.75, 3.05) is 20.2 Å². The highest BCUT2D eigenvalue weighted by Gasteiger charge is 2.64. The van der Waals surface area contributed by atoms with E-state index in [9.17, 15) is 0 Å². The maximum absolute atomic E-state index is 6.40. The Morgan fingerprint density at radius 3 is 2.88 bits per heavy atom. The van der Waals surface area contributed by atoms with E-state index in [0.29, 0.717) is 16.7 Å². The van der Waals surface area contributed by atoms with Crippen molar-refractivity contribution in [2.45, 2.75) is 18.4 Å². The third kappa shape index (κ3) is 3.07. The van der Waals surface area contributed by atoms with Crippen molar-refractivity contribution >= 4 is 28.9 Å². The van der Waals surface area contributed by atoms with Gasteiger partial charge >= 0.3 is 0 Å². The van der Waals surface area contributed by atoms with Crippen molar-refractivity contribution in [1.82, 2.24) is 5.32 Å². The van der Waals surface area contributed by atoms with Crippen LogP contribution in [0.2, 0.25) is 10.0 Å². The third-order valence-electron chi connectivity index (χ3n) is 4.93. The largest absolute Gasteiger partial charge is 0.481 e. The van der Waals surface area contributed by atoms with Crippen molar-refractivity contribution in [1.29, 1.82) is 0 Å². The summed E-state index contributed by atoms with van der Waals surface area (Å²) in [5.74, 6) is 0.976. The van der Waals surface area contributed by atoms with Crippen LogP contribution in [0, 0.1) is 5.92 Å². The summed E-state index contributed by atoms with van der Waals surface area (Å²) in [6.07, 6.45) is 1.76. The van der Waals surface area contributed by atoms with Crippen molar-refractivity contribution in [3.8, 4) is 5.75 Å². The fourth-order valence-corrected chi connectivity index (χ4v) is 3.80. The van der Waals surface area contributed by atoms with Crippen LogP contribution in [0.3, 0.4) is 0 Å². The molecular formula is C20H20Cl2N2O2. The Labute approximate surface area is 163 Å². The number of ether oxygens (including phenoxy) is 1. The zero-order chi connectivity index (χ0) is 18.1. The number of benzene rings is 2. The van der Waals surface area contributed by atoms with Crippen LogP contribution in [-0.2, 0) is 10.4 Å². The Bertz CT molecular complexity index is 855. The van der Waals surface area contributed by atoms with Gasteiger partial charge in [-0.15, -0.1) is 0 Å². The molecule has 4 rings (SSSR count). The number of hydrogen-bond donors (Lipinski definition) is 1. The summed E-state index contributed by atoms with van der Waals surface area (Å²) in [5, 5.41) is 8.66. The molecule has 2 unspecified atom stereocenters. The van der Waals surface area contributed by atoms with Crippen LogP contribution < -0.4 is 10.1 Å². The summed E-state index contributed by atoms with van der Waals surface area (Å²) < 4.78 is 6.40. The van der Waals surface area contributed by atoms with Gasteiger partial charge in [-0.2, -0.15) is 0 Å². The first-order valence-corrected chi connectivity index (χ1v) is 9.50. The second-order valence-electron chi connectivity index (χ2n) is 6.64. The minimum absolute atomic E-state index is 0.152. The Hall–Kier alpha value is -1.75. The summed E-state index contributed by atoms with van der Waals surface area (Å²) in [6, 6.07) is 13.7. The van der Waals surface area contributed by atoms with E-state index in [4.69, 9.17) is 32.8 Å². The number of oxime groups is 1. The van der Waals surface area contributed by atoms with Gasteiger partial charge in [0.25, 0.3) is 0 Å². The van der Waals surface area contributed by atoms with E-state index in [-0.39, 0.29) is 5.92 Å². The normalized spacial score (nSPS) is 24.6. The summed E-state index contributed by atoms with van der Waals surface area (Å²) in [4.78, 5) is 5.60. The summed E-state index contributed by atoms with van der Waals surface area (Å²) in [6.45, 7) is 1.49. The van der Waals surface area contributed by atoms with Crippen LogP contribution in [0.1, 0.15) is 24.0 Å². The zero-order valence-corrected chi connectivity index (χ0v) is 16.0. The van der Waals surface area contributed by atoms with Crippen LogP contribution in [-0.4, -0.2) is 25.9 Å². The van der Waals surface area contributed by atoms with Crippen LogP contribution in [0.15, 0.2) is 47.6 Å². The van der Waals surface area contributed by atoms with Gasteiger partial charge in [-0.25, -0.2) is 0 Å². The molecule has 2 aromatic rings. The van der Waals surface area contributed by atoms with Crippen molar-refractivity contribution < 1.29 is 9.57 Å². The number of hydrogen-bond acceptors (Lipinski definition) is 4. The molecule has 1 heterocycles. The standard InChI is InChI=1S/C20H20Cl2N2O2/c1-23-9-4-10-25-24-19-14-5-2-3-6-18(14)26-20(12-15(19)20)13-7-8-16(21)17(22)11-13/h2-3,5-8,11,15,23H,4,9-10,12H2,1H3. The average Bonchev–Trinajstić information content (AvgIpc) is 3.38. The molecule has 0 bridgehead atoms. The Kier molecular flexibility index (Phi) is 4.82. The van der Waals surface area contributed by atoms with Gasteiger partial charge in [0.1, 0.15) is 18.0 Å². The molecule has 2 aliphatic rings. The molecule has 1 N–H and O–H groups in total. The Balaban J connectivity index is 1.65. The zero-order valence-electron chi connectivity index (χ0n) is 14.5. The second kappa shape index (κ2) is 7.10. The predicted molar refractivity (Wildman–Crippen MR) is 104 cm³/mol. The highest BCUT2D eigenvalue weighted by molar-refractivity contribution is 6.42. The number of halogens is 2. The number of nitrogens with zero attached hydrogens (tertiary/aromatic N) is 1. The minimum atomic E-state index is -0.435. The van der Waals surface area contributed by atoms with Crippen molar-refractivity contribution in [3.63, 3.8) is 0 Å². The summed E-state index contributed by atoms with van der Waals surface area (Å²) in [7, 11) is 1.93. The molecule has 4 nitrogen and oxygen atoms in total. The van der Waals surface area contributed by atoms with Gasteiger partial charge in [0.2, 0.25) is 0 Å². The van der Waals surface area contributed by atoms with Gasteiger partial charge in [0.15, 0.2) is 0 Å². The summed E-state index contributed by atoms with van der Waals surface area (Å²) in [5.41, 5.74) is 2.53. The van der Waals surface area contributed by atoms with Gasteiger partial charge in [0, 0.05) is 12.0 Å². The highest BCUT2D eigenvalue weighted by Crippen LogP contribution is 2.60. The topological polar surface area (TPSA) is 42.8 Å². The molecule has 0 aromatic heterocycles. The minimum Gasteiger partial charge on any atom is -0.481 e. The number of nitrogens with one attached hydrogen (secondary N) is 1. The first-order chi connectivity index (χ1) is 12.7. The maximum atomic E-state index is 6.40. The molecule has 1 fully saturated rings. The quantitative estimate of drug-likeness (QED) is 0.577. The molecule has 1 aliphatic carbocycles. The molecule has 2 aromatic carbocycles.